The number of carbonyl (C=O) groups is 1. The molecule has 21 heavy (non-hydrogen) atoms. The molecular formula is C13H9F4N3O. The Morgan fingerprint density at radius 3 is 2.52 bits per heavy atom. The molecule has 0 aliphatic carbocycles. The Hall–Kier alpha value is -2.38. The SMILES string of the molecule is O=C1C[C@H](C(F)(F)F)c2cnn(-c3ccc(F)cc3)c2N1. The molecule has 0 saturated heterocycles. The number of anilines is 1. The summed E-state index contributed by atoms with van der Waals surface area (Å²) in [6.07, 6.45) is -4.11. The molecule has 0 spiro atoms. The summed E-state index contributed by atoms with van der Waals surface area (Å²) >= 11 is 0. The lowest BCUT2D eigenvalue weighted by atomic mass is 9.94. The van der Waals surface area contributed by atoms with E-state index in [4.69, 9.17) is 0 Å². The normalized spacial score (nSPS) is 18.3. The summed E-state index contributed by atoms with van der Waals surface area (Å²) in [5.74, 6) is -3.11. The molecule has 110 valence electrons. The van der Waals surface area contributed by atoms with Gasteiger partial charge in [-0.1, -0.05) is 0 Å². The number of benzene rings is 1. The number of hydrogen-bond acceptors (Lipinski definition) is 2. The highest BCUT2D eigenvalue weighted by atomic mass is 19.4. The number of aromatic nitrogens is 2. The smallest absolute Gasteiger partial charge is 0.310 e. The number of nitrogens with zero attached hydrogens (tertiary/aromatic N) is 2. The van der Waals surface area contributed by atoms with Crippen LogP contribution in [0.5, 0.6) is 0 Å². The highest BCUT2D eigenvalue weighted by molar-refractivity contribution is 5.94. The maximum Gasteiger partial charge on any atom is 0.396 e. The van der Waals surface area contributed by atoms with Gasteiger partial charge in [-0.2, -0.15) is 18.3 Å². The summed E-state index contributed by atoms with van der Waals surface area (Å²) in [4.78, 5) is 11.5. The van der Waals surface area contributed by atoms with Crippen molar-refractivity contribution in [2.75, 3.05) is 5.32 Å². The minimum absolute atomic E-state index is 0.0276. The van der Waals surface area contributed by atoms with E-state index in [9.17, 15) is 22.4 Å². The molecule has 1 atom stereocenters. The first-order valence-corrected chi connectivity index (χ1v) is 6.06. The van der Waals surface area contributed by atoms with E-state index in [1.807, 2.05) is 0 Å². The molecule has 1 aromatic carbocycles. The zero-order chi connectivity index (χ0) is 15.2. The van der Waals surface area contributed by atoms with Gasteiger partial charge < -0.3 is 5.32 Å². The van der Waals surface area contributed by atoms with Gasteiger partial charge in [0.05, 0.1) is 17.8 Å². The molecule has 1 N–H and O–H groups in total. The van der Waals surface area contributed by atoms with Gasteiger partial charge in [0.1, 0.15) is 11.6 Å². The summed E-state index contributed by atoms with van der Waals surface area (Å²) in [7, 11) is 0. The molecule has 1 amide bonds. The van der Waals surface area contributed by atoms with Crippen molar-refractivity contribution in [1.82, 2.24) is 9.78 Å². The number of amides is 1. The molecular weight excluding hydrogens is 290 g/mol. The second-order valence-corrected chi connectivity index (χ2v) is 4.68. The van der Waals surface area contributed by atoms with E-state index in [0.717, 1.165) is 23.0 Å². The second-order valence-electron chi connectivity index (χ2n) is 4.68. The van der Waals surface area contributed by atoms with Gasteiger partial charge in [-0.3, -0.25) is 4.79 Å². The quantitative estimate of drug-likeness (QED) is 0.823. The van der Waals surface area contributed by atoms with Crippen LogP contribution in [0.3, 0.4) is 0 Å². The molecule has 2 heterocycles. The third-order valence-electron chi connectivity index (χ3n) is 3.29. The van der Waals surface area contributed by atoms with Crippen LogP contribution in [0, 0.1) is 5.82 Å². The van der Waals surface area contributed by atoms with Gasteiger partial charge in [-0.05, 0) is 24.3 Å². The van der Waals surface area contributed by atoms with Crippen molar-refractivity contribution in [3.63, 3.8) is 0 Å². The second kappa shape index (κ2) is 4.57. The van der Waals surface area contributed by atoms with E-state index in [1.54, 1.807) is 0 Å². The number of halogens is 4. The topological polar surface area (TPSA) is 46.9 Å². The third kappa shape index (κ3) is 2.37. The Bertz CT molecular complexity index is 690. The van der Waals surface area contributed by atoms with Gasteiger partial charge in [0.2, 0.25) is 5.91 Å². The molecule has 2 aromatic rings. The predicted octanol–water partition coefficient (Wildman–Crippen LogP) is 3.00. The Labute approximate surface area is 116 Å². The van der Waals surface area contributed by atoms with Crippen molar-refractivity contribution >= 4 is 11.7 Å². The number of rotatable bonds is 1. The van der Waals surface area contributed by atoms with Crippen LogP contribution in [-0.4, -0.2) is 21.9 Å². The van der Waals surface area contributed by atoms with Crippen molar-refractivity contribution in [3.8, 4) is 5.69 Å². The fourth-order valence-electron chi connectivity index (χ4n) is 2.29. The average Bonchev–Trinajstić information content (AvgIpc) is 2.81. The van der Waals surface area contributed by atoms with Gasteiger partial charge in [-0.15, -0.1) is 0 Å². The molecule has 0 radical (unpaired) electrons. The third-order valence-corrected chi connectivity index (χ3v) is 3.29. The van der Waals surface area contributed by atoms with Crippen molar-refractivity contribution in [1.29, 1.82) is 0 Å². The van der Waals surface area contributed by atoms with Crippen LogP contribution in [0.4, 0.5) is 23.4 Å². The number of alkyl halides is 3. The van der Waals surface area contributed by atoms with Gasteiger partial charge in [0.15, 0.2) is 0 Å². The molecule has 4 nitrogen and oxygen atoms in total. The molecule has 0 fully saturated rings. The molecule has 0 saturated carbocycles. The van der Waals surface area contributed by atoms with Crippen LogP contribution in [0.1, 0.15) is 17.9 Å². The fraction of sp³-hybridized carbons (Fsp3) is 0.231. The minimum atomic E-state index is -4.52. The lowest BCUT2D eigenvalue weighted by Crippen LogP contribution is -2.31. The van der Waals surface area contributed by atoms with E-state index in [2.05, 4.69) is 10.4 Å². The van der Waals surface area contributed by atoms with Gasteiger partial charge >= 0.3 is 6.18 Å². The molecule has 1 aliphatic rings. The lowest BCUT2D eigenvalue weighted by Gasteiger charge is -2.25. The highest BCUT2D eigenvalue weighted by Gasteiger charge is 2.46. The Balaban J connectivity index is 2.09. The number of fused-ring (bicyclic) bond motifs is 1. The molecule has 1 aliphatic heterocycles. The van der Waals surface area contributed by atoms with Crippen LogP contribution >= 0.6 is 0 Å². The van der Waals surface area contributed by atoms with Crippen LogP contribution in [0.2, 0.25) is 0 Å². The van der Waals surface area contributed by atoms with Crippen LogP contribution in [-0.2, 0) is 4.79 Å². The Morgan fingerprint density at radius 1 is 1.24 bits per heavy atom. The summed E-state index contributed by atoms with van der Waals surface area (Å²) in [5, 5.41) is 6.27. The largest absolute Gasteiger partial charge is 0.396 e. The van der Waals surface area contributed by atoms with Crippen molar-refractivity contribution < 1.29 is 22.4 Å². The van der Waals surface area contributed by atoms with Crippen LogP contribution < -0.4 is 5.32 Å². The first kappa shape index (κ1) is 13.6. The molecule has 0 bridgehead atoms. The number of nitrogens with one attached hydrogen (secondary N) is 1. The van der Waals surface area contributed by atoms with Gasteiger partial charge in [-0.25, -0.2) is 9.07 Å². The maximum absolute atomic E-state index is 13.0. The summed E-state index contributed by atoms with van der Waals surface area (Å²) in [5.41, 5.74) is 0.271. The summed E-state index contributed by atoms with van der Waals surface area (Å²) in [6, 6.07) is 5.06. The zero-order valence-electron chi connectivity index (χ0n) is 10.5. The monoisotopic (exact) mass is 299 g/mol. The van der Waals surface area contributed by atoms with E-state index in [0.29, 0.717) is 5.69 Å². The Kier molecular flexibility index (Phi) is 2.96. The van der Waals surface area contributed by atoms with Gasteiger partial charge in [0.25, 0.3) is 0 Å². The predicted molar refractivity (Wildman–Crippen MR) is 65.6 cm³/mol. The van der Waals surface area contributed by atoms with E-state index < -0.39 is 30.2 Å². The number of carbonyl (C=O) groups excluding carboxylic acids is 1. The minimum Gasteiger partial charge on any atom is -0.310 e. The van der Waals surface area contributed by atoms with Crippen molar-refractivity contribution in [2.24, 2.45) is 0 Å². The van der Waals surface area contributed by atoms with Crippen molar-refractivity contribution in [2.45, 2.75) is 18.5 Å². The standard InChI is InChI=1S/C13H9F4N3O/c14-7-1-3-8(4-2-7)20-12-9(6-18-20)10(13(15,16)17)5-11(21)19-12/h1-4,6,10H,5H2,(H,19,21)/t10-/m0/s1. The highest BCUT2D eigenvalue weighted by Crippen LogP contribution is 2.43. The fourth-order valence-corrected chi connectivity index (χ4v) is 2.29. The Morgan fingerprint density at radius 2 is 1.90 bits per heavy atom. The maximum atomic E-state index is 13.0. The molecule has 0 unspecified atom stereocenters. The first-order chi connectivity index (χ1) is 9.86. The van der Waals surface area contributed by atoms with E-state index in [-0.39, 0.29) is 11.4 Å². The van der Waals surface area contributed by atoms with Crippen LogP contribution in [0.25, 0.3) is 5.69 Å². The summed E-state index contributed by atoms with van der Waals surface area (Å²) < 4.78 is 53.0. The average molecular weight is 299 g/mol. The van der Waals surface area contributed by atoms with Gasteiger partial charge in [0, 0.05) is 12.0 Å². The van der Waals surface area contributed by atoms with Crippen LogP contribution in [0.15, 0.2) is 30.5 Å². The summed E-state index contributed by atoms with van der Waals surface area (Å²) in [6.45, 7) is 0. The molecule has 3 rings (SSSR count). The van der Waals surface area contributed by atoms with E-state index in [1.165, 1.54) is 12.1 Å². The lowest BCUT2D eigenvalue weighted by molar-refractivity contribution is -0.156. The number of hydrogen-bond donors (Lipinski definition) is 1. The zero-order valence-corrected chi connectivity index (χ0v) is 10.5. The molecule has 1 aromatic heterocycles. The van der Waals surface area contributed by atoms with E-state index >= 15 is 0 Å². The molecule has 8 heteroatoms. The van der Waals surface area contributed by atoms with Crippen molar-refractivity contribution in [3.05, 3.63) is 41.8 Å². The first-order valence-electron chi connectivity index (χ1n) is 6.06.